The number of hydrogen-bond donors (Lipinski definition) is 5. The largest absolute Gasteiger partial charge is 0.492 e. The van der Waals surface area contributed by atoms with E-state index in [2.05, 4.69) is 20.6 Å². The monoisotopic (exact) mass is 441 g/mol. The van der Waals surface area contributed by atoms with Crippen LogP contribution in [0.4, 0.5) is 15.9 Å². The van der Waals surface area contributed by atoms with Gasteiger partial charge >= 0.3 is 5.97 Å². The number of rotatable bonds is 8. The number of carboxylic acid groups (broad SMARTS) is 1. The molecular formula is C22H24FN5O4. The number of pyridine rings is 2. The standard InChI is InChI=1S/C22H24FN5O4/c1-11-13(21(30)31)19(29)14-15(22(24)6-7-22)16(23)18(20(32-2)17(14)28-11)27-10-9-26-12-5-3-4-8-25-12/h3-5,8,27H,6-7,9-10,24H2,1-2H3,(H,25,26)(H,28,29)(H,30,31). The Kier molecular flexibility index (Phi) is 5.47. The lowest BCUT2D eigenvalue weighted by Crippen LogP contribution is -2.28. The zero-order chi connectivity index (χ0) is 23.0. The van der Waals surface area contributed by atoms with Crippen molar-refractivity contribution in [2.24, 2.45) is 5.73 Å². The molecule has 0 amide bonds. The first-order valence-corrected chi connectivity index (χ1v) is 10.2. The van der Waals surface area contributed by atoms with Crippen LogP contribution in [0.3, 0.4) is 0 Å². The summed E-state index contributed by atoms with van der Waals surface area (Å²) in [5, 5.41) is 15.6. The smallest absolute Gasteiger partial charge is 0.341 e. The lowest BCUT2D eigenvalue weighted by atomic mass is 9.95. The van der Waals surface area contributed by atoms with Crippen LogP contribution >= 0.6 is 0 Å². The molecule has 1 fully saturated rings. The molecule has 1 aromatic carbocycles. The van der Waals surface area contributed by atoms with Crippen molar-refractivity contribution in [3.05, 3.63) is 57.3 Å². The minimum atomic E-state index is -1.39. The second-order valence-electron chi connectivity index (χ2n) is 7.83. The number of aromatic carboxylic acids is 1. The van der Waals surface area contributed by atoms with Crippen LogP contribution in [0.15, 0.2) is 29.2 Å². The van der Waals surface area contributed by atoms with E-state index < -0.39 is 28.3 Å². The number of benzene rings is 1. The fraction of sp³-hybridized carbons (Fsp3) is 0.318. The van der Waals surface area contributed by atoms with Crippen LogP contribution in [0, 0.1) is 12.7 Å². The van der Waals surface area contributed by atoms with Gasteiger partial charge in [0.2, 0.25) is 5.43 Å². The van der Waals surface area contributed by atoms with Gasteiger partial charge in [0.15, 0.2) is 11.6 Å². The van der Waals surface area contributed by atoms with Crippen LogP contribution < -0.4 is 26.5 Å². The predicted molar refractivity (Wildman–Crippen MR) is 119 cm³/mol. The molecule has 32 heavy (non-hydrogen) atoms. The van der Waals surface area contributed by atoms with Crippen LogP contribution in [0.5, 0.6) is 5.75 Å². The molecule has 3 aromatic rings. The van der Waals surface area contributed by atoms with Crippen molar-refractivity contribution in [2.75, 3.05) is 30.8 Å². The number of fused-ring (bicyclic) bond motifs is 1. The predicted octanol–water partition coefficient (Wildman–Crippen LogP) is 2.55. The first-order valence-electron chi connectivity index (χ1n) is 10.2. The fourth-order valence-electron chi connectivity index (χ4n) is 3.91. The van der Waals surface area contributed by atoms with Crippen LogP contribution in [0.1, 0.15) is 34.5 Å². The van der Waals surface area contributed by atoms with Gasteiger partial charge in [-0.15, -0.1) is 0 Å². The van der Waals surface area contributed by atoms with E-state index >= 15 is 4.39 Å². The van der Waals surface area contributed by atoms with Crippen LogP contribution in [-0.4, -0.2) is 41.2 Å². The van der Waals surface area contributed by atoms with Crippen molar-refractivity contribution in [1.29, 1.82) is 0 Å². The molecule has 4 rings (SSSR count). The van der Waals surface area contributed by atoms with E-state index in [1.165, 1.54) is 14.0 Å². The van der Waals surface area contributed by atoms with E-state index in [1.54, 1.807) is 12.3 Å². The third-order valence-electron chi connectivity index (χ3n) is 5.64. The number of carbonyl (C=O) groups is 1. The minimum Gasteiger partial charge on any atom is -0.492 e. The molecule has 0 saturated heterocycles. The Morgan fingerprint density at radius 3 is 2.66 bits per heavy atom. The van der Waals surface area contributed by atoms with Gasteiger partial charge in [-0.2, -0.15) is 0 Å². The van der Waals surface area contributed by atoms with Gasteiger partial charge in [0, 0.05) is 36.1 Å². The number of aromatic nitrogens is 2. The van der Waals surface area contributed by atoms with Crippen molar-refractivity contribution < 1.29 is 19.0 Å². The van der Waals surface area contributed by atoms with E-state index in [0.29, 0.717) is 31.7 Å². The molecular weight excluding hydrogens is 417 g/mol. The van der Waals surface area contributed by atoms with E-state index in [0.717, 1.165) is 0 Å². The Balaban J connectivity index is 1.81. The van der Waals surface area contributed by atoms with E-state index in [9.17, 15) is 14.7 Å². The molecule has 2 heterocycles. The summed E-state index contributed by atoms with van der Waals surface area (Å²) in [6.45, 7) is 2.24. The summed E-state index contributed by atoms with van der Waals surface area (Å²) in [5.41, 5.74) is 4.51. The highest BCUT2D eigenvalue weighted by molar-refractivity contribution is 5.99. The number of nitrogens with zero attached hydrogens (tertiary/aromatic N) is 1. The number of nitrogens with two attached hydrogens (primary N) is 1. The maximum Gasteiger partial charge on any atom is 0.341 e. The zero-order valence-corrected chi connectivity index (χ0v) is 17.7. The fourth-order valence-corrected chi connectivity index (χ4v) is 3.91. The molecule has 10 heteroatoms. The van der Waals surface area contributed by atoms with E-state index in [1.807, 2.05) is 12.1 Å². The molecule has 2 aromatic heterocycles. The quantitative estimate of drug-likeness (QED) is 0.336. The Bertz CT molecular complexity index is 1260. The Labute approximate surface area is 182 Å². The molecule has 0 aliphatic heterocycles. The normalized spacial score (nSPS) is 14.2. The zero-order valence-electron chi connectivity index (χ0n) is 17.7. The number of nitrogens with one attached hydrogen (secondary N) is 3. The molecule has 168 valence electrons. The molecule has 0 radical (unpaired) electrons. The summed E-state index contributed by atoms with van der Waals surface area (Å²) in [5.74, 6) is -1.33. The van der Waals surface area contributed by atoms with Gasteiger partial charge in [-0.05, 0) is 31.9 Å². The van der Waals surface area contributed by atoms with E-state index in [-0.39, 0.29) is 33.6 Å². The molecule has 0 atom stereocenters. The SMILES string of the molecule is COc1c(NCCNc2ccccn2)c(F)c(C2(N)CC2)c2c(=O)c(C(=O)O)c(C)[nH]c12. The Morgan fingerprint density at radius 1 is 1.34 bits per heavy atom. The van der Waals surface area contributed by atoms with E-state index in [4.69, 9.17) is 10.5 Å². The highest BCUT2D eigenvalue weighted by atomic mass is 19.1. The maximum atomic E-state index is 15.8. The van der Waals surface area contributed by atoms with Gasteiger partial charge in [-0.25, -0.2) is 14.2 Å². The average Bonchev–Trinajstić information content (AvgIpc) is 3.50. The number of ether oxygens (including phenoxy) is 1. The summed E-state index contributed by atoms with van der Waals surface area (Å²) in [6.07, 6.45) is 2.64. The van der Waals surface area contributed by atoms with Gasteiger partial charge in [-0.1, -0.05) is 6.07 Å². The average molecular weight is 441 g/mol. The van der Waals surface area contributed by atoms with Crippen molar-refractivity contribution in [1.82, 2.24) is 9.97 Å². The van der Waals surface area contributed by atoms with Gasteiger partial charge in [0.1, 0.15) is 17.1 Å². The summed E-state index contributed by atoms with van der Waals surface area (Å²) in [4.78, 5) is 31.9. The number of halogens is 1. The second kappa shape index (κ2) is 8.12. The number of H-pyrrole nitrogens is 1. The Hall–Kier alpha value is -3.66. The molecule has 1 saturated carbocycles. The lowest BCUT2D eigenvalue weighted by Gasteiger charge is -2.22. The molecule has 0 bridgehead atoms. The summed E-state index contributed by atoms with van der Waals surface area (Å²) >= 11 is 0. The number of aromatic amines is 1. The van der Waals surface area contributed by atoms with Crippen molar-refractivity contribution in [3.63, 3.8) is 0 Å². The number of methoxy groups -OCH3 is 1. The third kappa shape index (κ3) is 3.62. The van der Waals surface area contributed by atoms with Gasteiger partial charge in [0.05, 0.1) is 18.0 Å². The van der Waals surface area contributed by atoms with Crippen molar-refractivity contribution in [3.8, 4) is 5.75 Å². The molecule has 1 aliphatic carbocycles. The molecule has 9 nitrogen and oxygen atoms in total. The third-order valence-corrected chi connectivity index (χ3v) is 5.64. The van der Waals surface area contributed by atoms with Gasteiger partial charge in [-0.3, -0.25) is 4.79 Å². The van der Waals surface area contributed by atoms with Crippen LogP contribution in [0.2, 0.25) is 0 Å². The van der Waals surface area contributed by atoms with Crippen molar-refractivity contribution in [2.45, 2.75) is 25.3 Å². The van der Waals surface area contributed by atoms with Gasteiger partial charge in [0.25, 0.3) is 0 Å². The molecule has 6 N–H and O–H groups in total. The Morgan fingerprint density at radius 2 is 2.06 bits per heavy atom. The van der Waals surface area contributed by atoms with Crippen molar-refractivity contribution >= 4 is 28.4 Å². The second-order valence-corrected chi connectivity index (χ2v) is 7.83. The topological polar surface area (TPSA) is 142 Å². The number of carboxylic acids is 1. The first-order chi connectivity index (χ1) is 15.3. The highest BCUT2D eigenvalue weighted by Crippen LogP contribution is 2.50. The minimum absolute atomic E-state index is 0.0113. The lowest BCUT2D eigenvalue weighted by molar-refractivity contribution is 0.0694. The van der Waals surface area contributed by atoms with Crippen LogP contribution in [0.25, 0.3) is 10.9 Å². The number of anilines is 2. The summed E-state index contributed by atoms with van der Waals surface area (Å²) in [6, 6.07) is 5.47. The maximum absolute atomic E-state index is 15.8. The molecule has 0 spiro atoms. The number of aryl methyl sites for hydroxylation is 1. The molecule has 0 unspecified atom stereocenters. The first kappa shape index (κ1) is 21.6. The summed E-state index contributed by atoms with van der Waals surface area (Å²) in [7, 11) is 1.36. The number of hydrogen-bond acceptors (Lipinski definition) is 7. The highest BCUT2D eigenvalue weighted by Gasteiger charge is 2.46. The summed E-state index contributed by atoms with van der Waals surface area (Å²) < 4.78 is 21.3. The molecule has 1 aliphatic rings. The van der Waals surface area contributed by atoms with Crippen LogP contribution in [-0.2, 0) is 5.54 Å². The van der Waals surface area contributed by atoms with Gasteiger partial charge < -0.3 is 31.2 Å².